The predicted octanol–water partition coefficient (Wildman–Crippen LogP) is 5.48. The van der Waals surface area contributed by atoms with E-state index in [2.05, 4.69) is 35.3 Å². The molecule has 0 aliphatic heterocycles. The average molecular weight is 327 g/mol. The highest BCUT2D eigenvalue weighted by molar-refractivity contribution is 6.02. The molecule has 2 N–H and O–H groups in total. The molecular weight excluding hydrogens is 310 g/mol. The summed E-state index contributed by atoms with van der Waals surface area (Å²) in [6.45, 7) is 1.62. The second-order valence-corrected chi connectivity index (χ2v) is 6.15. The fourth-order valence-corrected chi connectivity index (χ4v) is 3.16. The van der Waals surface area contributed by atoms with Gasteiger partial charge in [-0.2, -0.15) is 0 Å². The standard InChI is InChI=1S/C22H17NO2/c1-14(22(24)25)12-19-18-8-4-5-9-20(18)23-21(19)17-11-10-15-6-2-3-7-16(15)13-17/h2-13,23H,1H3,(H,24,25)/b14-12+. The van der Waals surface area contributed by atoms with Gasteiger partial charge in [-0.1, -0.05) is 54.6 Å². The molecule has 0 aliphatic rings. The van der Waals surface area contributed by atoms with Gasteiger partial charge in [0, 0.05) is 22.0 Å². The number of rotatable bonds is 3. The van der Waals surface area contributed by atoms with E-state index in [0.717, 1.165) is 33.1 Å². The number of para-hydroxylation sites is 1. The van der Waals surface area contributed by atoms with Gasteiger partial charge in [-0.15, -0.1) is 0 Å². The summed E-state index contributed by atoms with van der Waals surface area (Å²) in [6, 6.07) is 22.5. The number of carboxylic acid groups (broad SMARTS) is 1. The summed E-state index contributed by atoms with van der Waals surface area (Å²) in [6.07, 6.45) is 1.74. The van der Waals surface area contributed by atoms with Gasteiger partial charge >= 0.3 is 5.97 Å². The lowest BCUT2D eigenvalue weighted by atomic mass is 10.0. The second kappa shape index (κ2) is 5.95. The van der Waals surface area contributed by atoms with E-state index in [0.29, 0.717) is 5.57 Å². The van der Waals surface area contributed by atoms with Crippen LogP contribution in [0.25, 0.3) is 39.0 Å². The van der Waals surface area contributed by atoms with Crippen LogP contribution in [-0.2, 0) is 4.79 Å². The molecule has 0 bridgehead atoms. The monoisotopic (exact) mass is 327 g/mol. The number of hydrogen-bond donors (Lipinski definition) is 2. The Morgan fingerprint density at radius 1 is 0.960 bits per heavy atom. The van der Waals surface area contributed by atoms with E-state index in [9.17, 15) is 9.90 Å². The quantitative estimate of drug-likeness (QED) is 0.490. The molecule has 0 unspecified atom stereocenters. The average Bonchev–Trinajstić information content (AvgIpc) is 3.00. The van der Waals surface area contributed by atoms with Gasteiger partial charge < -0.3 is 10.1 Å². The molecule has 0 fully saturated rings. The number of hydrogen-bond acceptors (Lipinski definition) is 1. The Bertz CT molecular complexity index is 1140. The lowest BCUT2D eigenvalue weighted by Crippen LogP contribution is -1.95. The summed E-state index contributed by atoms with van der Waals surface area (Å²) in [5.74, 6) is -0.908. The number of nitrogens with one attached hydrogen (secondary N) is 1. The normalized spacial score (nSPS) is 12.0. The Balaban J connectivity index is 1.99. The summed E-state index contributed by atoms with van der Waals surface area (Å²) in [7, 11) is 0. The molecule has 1 aromatic heterocycles. The van der Waals surface area contributed by atoms with E-state index in [1.807, 2.05) is 36.4 Å². The number of aliphatic carboxylic acids is 1. The molecule has 0 radical (unpaired) electrons. The Hall–Kier alpha value is -3.33. The Morgan fingerprint density at radius 2 is 1.68 bits per heavy atom. The molecule has 25 heavy (non-hydrogen) atoms. The minimum atomic E-state index is -0.908. The van der Waals surface area contributed by atoms with Crippen molar-refractivity contribution in [2.24, 2.45) is 0 Å². The van der Waals surface area contributed by atoms with Crippen LogP contribution >= 0.6 is 0 Å². The lowest BCUT2D eigenvalue weighted by Gasteiger charge is -2.05. The van der Waals surface area contributed by atoms with Gasteiger partial charge in [-0.05, 0) is 41.5 Å². The molecule has 4 aromatic rings. The highest BCUT2D eigenvalue weighted by Gasteiger charge is 2.13. The number of aromatic nitrogens is 1. The third kappa shape index (κ3) is 2.70. The third-order valence-corrected chi connectivity index (χ3v) is 4.48. The molecule has 0 aliphatic carbocycles. The van der Waals surface area contributed by atoms with Gasteiger partial charge in [0.15, 0.2) is 0 Å². The maximum absolute atomic E-state index is 11.3. The van der Waals surface area contributed by atoms with Crippen LogP contribution in [0.1, 0.15) is 12.5 Å². The molecule has 1 heterocycles. The van der Waals surface area contributed by atoms with Crippen molar-refractivity contribution < 1.29 is 9.90 Å². The van der Waals surface area contributed by atoms with Crippen molar-refractivity contribution in [2.45, 2.75) is 6.92 Å². The van der Waals surface area contributed by atoms with Crippen molar-refractivity contribution in [1.82, 2.24) is 4.98 Å². The molecule has 0 amide bonds. The maximum atomic E-state index is 11.3. The van der Waals surface area contributed by atoms with Crippen LogP contribution in [0.3, 0.4) is 0 Å². The Kier molecular flexibility index (Phi) is 3.62. The molecule has 3 heteroatoms. The van der Waals surface area contributed by atoms with Crippen LogP contribution in [-0.4, -0.2) is 16.1 Å². The zero-order valence-corrected chi connectivity index (χ0v) is 13.8. The second-order valence-electron chi connectivity index (χ2n) is 6.15. The number of carbonyl (C=O) groups is 1. The Morgan fingerprint density at radius 3 is 2.48 bits per heavy atom. The van der Waals surface area contributed by atoms with Crippen LogP contribution in [0, 0.1) is 0 Å². The largest absolute Gasteiger partial charge is 0.478 e. The van der Waals surface area contributed by atoms with Crippen molar-refractivity contribution >= 4 is 33.7 Å². The van der Waals surface area contributed by atoms with Gasteiger partial charge in [0.25, 0.3) is 0 Å². The SMILES string of the molecule is C/C(=C\c1c(-c2ccc3ccccc3c2)[nH]c2ccccc12)C(=O)O. The summed E-state index contributed by atoms with van der Waals surface area (Å²) >= 11 is 0. The first-order valence-electron chi connectivity index (χ1n) is 8.15. The van der Waals surface area contributed by atoms with Crippen molar-refractivity contribution in [2.75, 3.05) is 0 Å². The summed E-state index contributed by atoms with van der Waals surface area (Å²) in [5.41, 5.74) is 4.19. The van der Waals surface area contributed by atoms with Crippen molar-refractivity contribution in [3.05, 3.63) is 77.9 Å². The molecule has 3 aromatic carbocycles. The van der Waals surface area contributed by atoms with E-state index in [1.165, 1.54) is 5.39 Å². The molecule has 0 spiro atoms. The first-order chi connectivity index (χ1) is 12.1. The minimum Gasteiger partial charge on any atom is -0.478 e. The Labute approximate surface area is 145 Å². The van der Waals surface area contributed by atoms with Crippen molar-refractivity contribution in [3.63, 3.8) is 0 Å². The number of carboxylic acids is 1. The molecule has 122 valence electrons. The zero-order valence-electron chi connectivity index (χ0n) is 13.8. The molecular formula is C22H17NO2. The predicted molar refractivity (Wildman–Crippen MR) is 103 cm³/mol. The van der Waals surface area contributed by atoms with Crippen LogP contribution in [0.5, 0.6) is 0 Å². The maximum Gasteiger partial charge on any atom is 0.331 e. The first-order valence-corrected chi connectivity index (χ1v) is 8.15. The number of fused-ring (bicyclic) bond motifs is 2. The number of H-pyrrole nitrogens is 1. The topological polar surface area (TPSA) is 53.1 Å². The minimum absolute atomic E-state index is 0.312. The molecule has 0 saturated carbocycles. The van der Waals surface area contributed by atoms with Crippen LogP contribution in [0.2, 0.25) is 0 Å². The highest BCUT2D eigenvalue weighted by Crippen LogP contribution is 2.33. The van der Waals surface area contributed by atoms with E-state index < -0.39 is 5.97 Å². The number of aromatic amines is 1. The summed E-state index contributed by atoms with van der Waals surface area (Å²) < 4.78 is 0. The van der Waals surface area contributed by atoms with E-state index >= 15 is 0 Å². The van der Waals surface area contributed by atoms with Crippen LogP contribution in [0.4, 0.5) is 0 Å². The van der Waals surface area contributed by atoms with E-state index in [4.69, 9.17) is 0 Å². The smallest absolute Gasteiger partial charge is 0.331 e. The summed E-state index contributed by atoms with van der Waals surface area (Å²) in [5, 5.41) is 12.6. The van der Waals surface area contributed by atoms with Gasteiger partial charge in [0.05, 0.1) is 5.69 Å². The lowest BCUT2D eigenvalue weighted by molar-refractivity contribution is -0.132. The van der Waals surface area contributed by atoms with Crippen molar-refractivity contribution in [3.8, 4) is 11.3 Å². The number of benzene rings is 3. The molecule has 0 saturated heterocycles. The van der Waals surface area contributed by atoms with Crippen molar-refractivity contribution in [1.29, 1.82) is 0 Å². The van der Waals surface area contributed by atoms with Crippen LogP contribution < -0.4 is 0 Å². The highest BCUT2D eigenvalue weighted by atomic mass is 16.4. The fraction of sp³-hybridized carbons (Fsp3) is 0.0455. The van der Waals surface area contributed by atoms with E-state index in [1.54, 1.807) is 13.0 Å². The van der Waals surface area contributed by atoms with Crippen LogP contribution in [0.15, 0.2) is 72.3 Å². The zero-order chi connectivity index (χ0) is 17.4. The van der Waals surface area contributed by atoms with Gasteiger partial charge in [0.1, 0.15) is 0 Å². The first kappa shape index (κ1) is 15.2. The van der Waals surface area contributed by atoms with E-state index in [-0.39, 0.29) is 0 Å². The van der Waals surface area contributed by atoms with Gasteiger partial charge in [0.2, 0.25) is 0 Å². The summed E-state index contributed by atoms with van der Waals surface area (Å²) in [4.78, 5) is 14.8. The molecule has 0 atom stereocenters. The third-order valence-electron chi connectivity index (χ3n) is 4.48. The fourth-order valence-electron chi connectivity index (χ4n) is 3.16. The van der Waals surface area contributed by atoms with Gasteiger partial charge in [-0.25, -0.2) is 4.79 Å². The molecule has 3 nitrogen and oxygen atoms in total. The van der Waals surface area contributed by atoms with Gasteiger partial charge in [-0.3, -0.25) is 0 Å². The molecule has 4 rings (SSSR count).